The molecular weight excluding hydrogens is 470 g/mol. The Balaban J connectivity index is 2.20. The van der Waals surface area contributed by atoms with Gasteiger partial charge in [-0.05, 0) is 32.9 Å². The Morgan fingerprint density at radius 1 is 1.23 bits per heavy atom. The minimum Gasteiger partial charge on any atom is -0.467 e. The van der Waals surface area contributed by atoms with Crippen LogP contribution in [0.2, 0.25) is 0 Å². The number of pyridine rings is 1. The second kappa shape index (κ2) is 9.44. The third-order valence-corrected chi connectivity index (χ3v) is 4.76. The average molecular weight is 490 g/mol. The maximum absolute atomic E-state index is 14.9. The number of aromatic nitrogens is 3. The number of nitrogens with zero attached hydrogens (tertiary/aromatic N) is 4. The molecule has 1 aromatic carbocycles. The Morgan fingerprint density at radius 3 is 2.51 bits per heavy atom. The number of alkyl halides is 1. The van der Waals surface area contributed by atoms with E-state index >= 15 is 0 Å². The number of ether oxygens (including phenoxy) is 2. The van der Waals surface area contributed by atoms with Gasteiger partial charge in [0.15, 0.2) is 17.3 Å². The average Bonchev–Trinajstić information content (AvgIpc) is 2.76. The molecule has 0 saturated heterocycles. The van der Waals surface area contributed by atoms with E-state index in [1.807, 2.05) is 0 Å². The van der Waals surface area contributed by atoms with Crippen molar-refractivity contribution in [2.75, 3.05) is 6.61 Å². The van der Waals surface area contributed by atoms with Crippen LogP contribution in [0, 0.1) is 15.9 Å². The first-order chi connectivity index (χ1) is 16.3. The van der Waals surface area contributed by atoms with Gasteiger partial charge < -0.3 is 9.47 Å². The quantitative estimate of drug-likeness (QED) is 0.347. The number of carbonyl (C=O) groups excluding carboxylic acids is 1. The number of benzene rings is 1. The number of hydrogen-bond acceptors (Lipinski definition) is 8. The summed E-state index contributed by atoms with van der Waals surface area (Å²) in [7, 11) is 1.20. The van der Waals surface area contributed by atoms with Gasteiger partial charge >= 0.3 is 11.4 Å². The summed E-state index contributed by atoms with van der Waals surface area (Å²) in [5.74, 6) is -2.47. The lowest BCUT2D eigenvalue weighted by atomic mass is 10.1. The van der Waals surface area contributed by atoms with Crippen molar-refractivity contribution < 1.29 is 28.0 Å². The van der Waals surface area contributed by atoms with Gasteiger partial charge in [-0.3, -0.25) is 24.3 Å². The molecule has 35 heavy (non-hydrogen) atoms. The Kier molecular flexibility index (Phi) is 6.80. The standard InChI is InChI=1S/C22H20F2N4O7/c1-12(29)11-34-20-16(6-5-7-25-20)35-17-9-14(13(23)8-15(17)28(32)33)27-19(30)10-18(22(2,3)24)26(4)21(27)31/h5-10H,11H2,1-4H3. The van der Waals surface area contributed by atoms with Gasteiger partial charge in [-0.1, -0.05) is 0 Å². The van der Waals surface area contributed by atoms with Crippen LogP contribution in [-0.4, -0.2) is 31.4 Å². The zero-order chi connectivity index (χ0) is 26.1. The maximum atomic E-state index is 14.9. The van der Waals surface area contributed by atoms with Crippen molar-refractivity contribution in [2.45, 2.75) is 26.4 Å². The smallest absolute Gasteiger partial charge is 0.335 e. The molecule has 11 nitrogen and oxygen atoms in total. The van der Waals surface area contributed by atoms with E-state index in [0.717, 1.165) is 30.5 Å². The maximum Gasteiger partial charge on any atom is 0.335 e. The molecule has 2 heterocycles. The molecule has 0 aliphatic carbocycles. The van der Waals surface area contributed by atoms with Crippen LogP contribution in [-0.2, 0) is 17.5 Å². The second-order valence-corrected chi connectivity index (χ2v) is 7.95. The van der Waals surface area contributed by atoms with Crippen molar-refractivity contribution in [2.24, 2.45) is 7.05 Å². The van der Waals surface area contributed by atoms with Crippen LogP contribution in [0.25, 0.3) is 5.69 Å². The fourth-order valence-corrected chi connectivity index (χ4v) is 3.20. The predicted molar refractivity (Wildman–Crippen MR) is 119 cm³/mol. The van der Waals surface area contributed by atoms with Gasteiger partial charge in [-0.25, -0.2) is 23.1 Å². The van der Waals surface area contributed by atoms with Gasteiger partial charge in [0.05, 0.1) is 22.4 Å². The van der Waals surface area contributed by atoms with Crippen molar-refractivity contribution in [3.05, 3.63) is 79.0 Å². The van der Waals surface area contributed by atoms with E-state index in [4.69, 9.17) is 9.47 Å². The van der Waals surface area contributed by atoms with Gasteiger partial charge in [-0.15, -0.1) is 0 Å². The zero-order valence-corrected chi connectivity index (χ0v) is 19.1. The summed E-state index contributed by atoms with van der Waals surface area (Å²) < 4.78 is 41.4. The number of ketones is 1. The Morgan fingerprint density at radius 2 is 1.91 bits per heavy atom. The van der Waals surface area contributed by atoms with Crippen LogP contribution in [0.4, 0.5) is 14.5 Å². The number of nitro benzene ring substituents is 1. The van der Waals surface area contributed by atoms with Crippen LogP contribution in [0.3, 0.4) is 0 Å². The first-order valence-corrected chi connectivity index (χ1v) is 10.1. The van der Waals surface area contributed by atoms with E-state index in [0.29, 0.717) is 10.6 Å². The summed E-state index contributed by atoms with van der Waals surface area (Å²) in [6.45, 7) is 3.20. The highest BCUT2D eigenvalue weighted by atomic mass is 19.1. The number of Topliss-reactive ketones (excluding diaryl/α,β-unsaturated/α-hetero) is 1. The largest absolute Gasteiger partial charge is 0.467 e. The van der Waals surface area contributed by atoms with Crippen LogP contribution in [0.15, 0.2) is 46.1 Å². The number of carbonyl (C=O) groups is 1. The summed E-state index contributed by atoms with van der Waals surface area (Å²) in [4.78, 5) is 51.3. The predicted octanol–water partition coefficient (Wildman–Crippen LogP) is 2.94. The number of halogens is 2. The molecule has 0 fully saturated rings. The summed E-state index contributed by atoms with van der Waals surface area (Å²) >= 11 is 0. The topological polar surface area (TPSA) is 136 Å². The van der Waals surface area contributed by atoms with E-state index in [1.54, 1.807) is 0 Å². The molecule has 0 radical (unpaired) electrons. The molecule has 0 saturated carbocycles. The third-order valence-electron chi connectivity index (χ3n) is 4.76. The summed E-state index contributed by atoms with van der Waals surface area (Å²) in [5.41, 5.74) is -5.91. The lowest BCUT2D eigenvalue weighted by molar-refractivity contribution is -0.385. The van der Waals surface area contributed by atoms with Gasteiger partial charge in [0.25, 0.3) is 11.4 Å². The summed E-state index contributed by atoms with van der Waals surface area (Å²) in [6.07, 6.45) is 1.32. The van der Waals surface area contributed by atoms with E-state index in [2.05, 4.69) is 4.98 Å². The third kappa shape index (κ3) is 5.23. The lowest BCUT2D eigenvalue weighted by Gasteiger charge is -2.19. The van der Waals surface area contributed by atoms with Crippen LogP contribution >= 0.6 is 0 Å². The first-order valence-electron chi connectivity index (χ1n) is 10.1. The molecule has 0 aliphatic rings. The van der Waals surface area contributed by atoms with E-state index < -0.39 is 44.8 Å². The van der Waals surface area contributed by atoms with Gasteiger partial charge in [-0.2, -0.15) is 0 Å². The fourth-order valence-electron chi connectivity index (χ4n) is 3.20. The molecule has 0 amide bonds. The van der Waals surface area contributed by atoms with E-state index in [-0.39, 0.29) is 29.7 Å². The fraction of sp³-hybridized carbons (Fsp3) is 0.273. The molecule has 184 valence electrons. The summed E-state index contributed by atoms with van der Waals surface area (Å²) in [5, 5.41) is 11.5. The van der Waals surface area contributed by atoms with Crippen LogP contribution in [0.5, 0.6) is 17.4 Å². The zero-order valence-electron chi connectivity index (χ0n) is 19.1. The number of rotatable bonds is 8. The molecule has 3 aromatic rings. The van der Waals surface area contributed by atoms with Crippen molar-refractivity contribution in [3.63, 3.8) is 0 Å². The first kappa shape index (κ1) is 25.2. The minimum absolute atomic E-state index is 0.149. The van der Waals surface area contributed by atoms with Gasteiger partial charge in [0.1, 0.15) is 12.3 Å². The highest BCUT2D eigenvalue weighted by Gasteiger charge is 2.28. The number of nitro groups is 1. The van der Waals surface area contributed by atoms with Crippen molar-refractivity contribution in [3.8, 4) is 23.1 Å². The molecule has 0 bridgehead atoms. The van der Waals surface area contributed by atoms with Crippen molar-refractivity contribution >= 4 is 11.5 Å². The highest BCUT2D eigenvalue weighted by Crippen LogP contribution is 2.37. The normalized spacial score (nSPS) is 11.3. The molecule has 0 atom stereocenters. The van der Waals surface area contributed by atoms with Crippen molar-refractivity contribution in [1.29, 1.82) is 0 Å². The van der Waals surface area contributed by atoms with E-state index in [1.165, 1.54) is 32.3 Å². The molecule has 13 heteroatoms. The molecule has 0 aliphatic heterocycles. The lowest BCUT2D eigenvalue weighted by Crippen LogP contribution is -2.41. The number of hydrogen-bond donors (Lipinski definition) is 0. The molecule has 0 spiro atoms. The molecule has 0 N–H and O–H groups in total. The molecule has 2 aromatic heterocycles. The van der Waals surface area contributed by atoms with Gasteiger partial charge in [0.2, 0.25) is 5.75 Å². The van der Waals surface area contributed by atoms with Crippen LogP contribution in [0.1, 0.15) is 26.5 Å². The van der Waals surface area contributed by atoms with E-state index in [9.17, 15) is 33.3 Å². The highest BCUT2D eigenvalue weighted by molar-refractivity contribution is 5.77. The Bertz CT molecular complexity index is 1440. The Hall–Kier alpha value is -4.42. The minimum atomic E-state index is -2.05. The SMILES string of the molecule is CC(=O)COc1ncccc1Oc1cc(-n2c(=O)cc(C(C)(C)F)n(C)c2=O)c(F)cc1[N+](=O)[O-]. The van der Waals surface area contributed by atoms with Crippen LogP contribution < -0.4 is 20.7 Å². The van der Waals surface area contributed by atoms with Crippen molar-refractivity contribution in [1.82, 2.24) is 14.1 Å². The second-order valence-electron chi connectivity index (χ2n) is 7.95. The molecular formula is C22H20F2N4O7. The summed E-state index contributed by atoms with van der Waals surface area (Å²) in [6, 6.07) is 4.86. The monoisotopic (exact) mass is 490 g/mol. The molecule has 0 unspecified atom stereocenters. The molecule has 3 rings (SSSR count). The Labute approximate surface area is 196 Å². The van der Waals surface area contributed by atoms with Gasteiger partial charge in [0, 0.05) is 25.4 Å².